The second-order valence-corrected chi connectivity index (χ2v) is 8.99. The van der Waals surface area contributed by atoms with Gasteiger partial charge in [0.1, 0.15) is 17.6 Å². The lowest BCUT2D eigenvalue weighted by Crippen LogP contribution is -2.10. The van der Waals surface area contributed by atoms with Crippen molar-refractivity contribution < 1.29 is 9.53 Å². The average Bonchev–Trinajstić information content (AvgIpc) is 3.52. The fourth-order valence-corrected chi connectivity index (χ4v) is 5.01. The van der Waals surface area contributed by atoms with Crippen molar-refractivity contribution in [2.24, 2.45) is 7.05 Å². The van der Waals surface area contributed by atoms with Crippen molar-refractivity contribution in [3.8, 4) is 34.2 Å². The van der Waals surface area contributed by atoms with E-state index in [0.29, 0.717) is 17.1 Å². The maximum atomic E-state index is 11.7. The number of nitrogens with two attached hydrogens (primary N) is 1. The predicted molar refractivity (Wildman–Crippen MR) is 142 cm³/mol. The van der Waals surface area contributed by atoms with Gasteiger partial charge in [0.2, 0.25) is 5.91 Å². The van der Waals surface area contributed by atoms with Crippen LogP contribution in [-0.4, -0.2) is 21.6 Å². The maximum absolute atomic E-state index is 11.7. The van der Waals surface area contributed by atoms with Gasteiger partial charge in [-0.3, -0.25) is 4.79 Å². The number of benzene rings is 2. The number of nitrogens with zero attached hydrogens (tertiary/aromatic N) is 3. The van der Waals surface area contributed by atoms with E-state index in [2.05, 4.69) is 22.9 Å². The molecule has 7 heteroatoms. The number of fused-ring (bicyclic) bond motifs is 1. The number of hydrogen-bond acceptors (Lipinski definition) is 5. The van der Waals surface area contributed by atoms with Crippen molar-refractivity contribution in [2.45, 2.75) is 31.8 Å². The molecule has 1 aliphatic rings. The summed E-state index contributed by atoms with van der Waals surface area (Å²) in [4.78, 5) is 16.0. The Bertz CT molecular complexity index is 1490. The zero-order valence-corrected chi connectivity index (χ0v) is 20.1. The fourth-order valence-electron chi connectivity index (χ4n) is 5.01. The Kier molecular flexibility index (Phi) is 6.17. The van der Waals surface area contributed by atoms with Crippen molar-refractivity contribution in [1.29, 1.82) is 5.26 Å². The van der Waals surface area contributed by atoms with Gasteiger partial charge in [-0.25, -0.2) is 4.98 Å². The Morgan fingerprint density at radius 2 is 1.83 bits per heavy atom. The monoisotopic (exact) mass is 477 g/mol. The third kappa shape index (κ3) is 4.18. The van der Waals surface area contributed by atoms with Gasteiger partial charge in [-0.05, 0) is 67.2 Å². The summed E-state index contributed by atoms with van der Waals surface area (Å²) in [7, 11) is 1.92. The van der Waals surface area contributed by atoms with Gasteiger partial charge in [-0.2, -0.15) is 5.26 Å². The Balaban J connectivity index is 1.65. The molecule has 1 aliphatic carbocycles. The number of pyridine rings is 1. The lowest BCUT2D eigenvalue weighted by molar-refractivity contribution is -0.111. The van der Waals surface area contributed by atoms with Crippen LogP contribution in [-0.2, 0) is 11.8 Å². The van der Waals surface area contributed by atoms with E-state index in [-0.39, 0.29) is 12.0 Å². The Morgan fingerprint density at radius 3 is 2.47 bits per heavy atom. The van der Waals surface area contributed by atoms with Gasteiger partial charge in [0.25, 0.3) is 0 Å². The largest absolute Gasteiger partial charge is 0.490 e. The van der Waals surface area contributed by atoms with Crippen LogP contribution < -0.4 is 15.8 Å². The number of nitriles is 1. The number of aryl methyl sites for hydroxylation is 1. The van der Waals surface area contributed by atoms with Crippen LogP contribution in [0.5, 0.6) is 5.75 Å². The minimum absolute atomic E-state index is 0.273. The number of carbonyl (C=O) groups is 1. The highest BCUT2D eigenvalue weighted by atomic mass is 16.5. The fraction of sp³-hybridized carbons (Fsp3) is 0.207. The summed E-state index contributed by atoms with van der Waals surface area (Å²) in [6, 6.07) is 17.8. The molecule has 5 rings (SSSR count). The van der Waals surface area contributed by atoms with Crippen LogP contribution in [0, 0.1) is 11.3 Å². The molecule has 2 aromatic carbocycles. The standard InChI is InChI=1S/C29H27N5O2/c1-3-24(35)33-21-12-8-19(9-13-21)27-25(26-28(34(27)2)20(16-30)17-32-29(26)31)18-10-14-23(15-11-18)36-22-6-4-5-7-22/h3,8-15,17,22H,1,4-7H2,2H3,(H2,31,32)(H,33,35). The highest BCUT2D eigenvalue weighted by molar-refractivity contribution is 6.10. The van der Waals surface area contributed by atoms with Crippen LogP contribution in [0.2, 0.25) is 0 Å². The van der Waals surface area contributed by atoms with Crippen molar-refractivity contribution in [1.82, 2.24) is 9.55 Å². The van der Waals surface area contributed by atoms with Crippen LogP contribution in [0.3, 0.4) is 0 Å². The molecule has 0 bridgehead atoms. The molecule has 2 aromatic heterocycles. The number of nitrogen functional groups attached to an aromatic ring is 1. The molecule has 7 nitrogen and oxygen atoms in total. The third-order valence-electron chi connectivity index (χ3n) is 6.72. The molecule has 0 spiro atoms. The van der Waals surface area contributed by atoms with E-state index < -0.39 is 0 Å². The molecule has 180 valence electrons. The molecule has 0 unspecified atom stereocenters. The normalized spacial score (nSPS) is 13.4. The van der Waals surface area contributed by atoms with Crippen LogP contribution in [0.25, 0.3) is 33.3 Å². The SMILES string of the molecule is C=CC(=O)Nc1ccc(-c2c(-c3ccc(OC4CCCC4)cc3)c3c(N)ncc(C#N)c3n2C)cc1. The summed E-state index contributed by atoms with van der Waals surface area (Å²) in [5.74, 6) is 0.936. The van der Waals surface area contributed by atoms with E-state index in [9.17, 15) is 10.1 Å². The van der Waals surface area contributed by atoms with Crippen LogP contribution in [0.15, 0.2) is 67.4 Å². The molecule has 0 saturated heterocycles. The van der Waals surface area contributed by atoms with Crippen molar-refractivity contribution >= 4 is 28.3 Å². The first-order valence-corrected chi connectivity index (χ1v) is 12.0. The van der Waals surface area contributed by atoms with E-state index in [0.717, 1.165) is 51.9 Å². The lowest BCUT2D eigenvalue weighted by Gasteiger charge is -2.14. The minimum atomic E-state index is -0.273. The van der Waals surface area contributed by atoms with Crippen LogP contribution >= 0.6 is 0 Å². The summed E-state index contributed by atoms with van der Waals surface area (Å²) >= 11 is 0. The molecule has 2 heterocycles. The van der Waals surface area contributed by atoms with E-state index in [1.165, 1.54) is 25.1 Å². The summed E-state index contributed by atoms with van der Waals surface area (Å²) in [6.07, 6.45) is 7.64. The molecular weight excluding hydrogens is 450 g/mol. The van der Waals surface area contributed by atoms with E-state index in [1.54, 1.807) is 0 Å². The van der Waals surface area contributed by atoms with Gasteiger partial charge >= 0.3 is 0 Å². The van der Waals surface area contributed by atoms with Gasteiger partial charge in [-0.15, -0.1) is 0 Å². The van der Waals surface area contributed by atoms with Gasteiger partial charge in [0, 0.05) is 24.5 Å². The highest BCUT2D eigenvalue weighted by Crippen LogP contribution is 2.43. The second-order valence-electron chi connectivity index (χ2n) is 8.99. The molecular formula is C29H27N5O2. The topological polar surface area (TPSA) is 106 Å². The number of hydrogen-bond donors (Lipinski definition) is 2. The molecule has 36 heavy (non-hydrogen) atoms. The lowest BCUT2D eigenvalue weighted by atomic mass is 9.98. The molecule has 1 fully saturated rings. The van der Waals surface area contributed by atoms with Crippen LogP contribution in [0.1, 0.15) is 31.2 Å². The first-order valence-electron chi connectivity index (χ1n) is 12.0. The average molecular weight is 478 g/mol. The van der Waals surface area contributed by atoms with Crippen molar-refractivity contribution in [3.63, 3.8) is 0 Å². The summed E-state index contributed by atoms with van der Waals surface area (Å²) < 4.78 is 8.15. The minimum Gasteiger partial charge on any atom is -0.490 e. The number of anilines is 2. The zero-order chi connectivity index (χ0) is 25.2. The van der Waals surface area contributed by atoms with Gasteiger partial charge < -0.3 is 20.4 Å². The van der Waals surface area contributed by atoms with Gasteiger partial charge in [0.05, 0.1) is 28.3 Å². The highest BCUT2D eigenvalue weighted by Gasteiger charge is 2.23. The number of amides is 1. The Hall–Kier alpha value is -4.57. The number of nitrogens with one attached hydrogen (secondary N) is 1. The summed E-state index contributed by atoms with van der Waals surface area (Å²) in [5.41, 5.74) is 11.9. The molecule has 0 radical (unpaired) electrons. The molecule has 4 aromatic rings. The maximum Gasteiger partial charge on any atom is 0.247 e. The molecule has 0 aliphatic heterocycles. The van der Waals surface area contributed by atoms with Crippen LogP contribution in [0.4, 0.5) is 11.5 Å². The smallest absolute Gasteiger partial charge is 0.247 e. The van der Waals surface area contributed by atoms with Gasteiger partial charge in [0.15, 0.2) is 0 Å². The first-order chi connectivity index (χ1) is 17.5. The Morgan fingerprint density at radius 1 is 1.17 bits per heavy atom. The van der Waals surface area contributed by atoms with E-state index >= 15 is 0 Å². The third-order valence-corrected chi connectivity index (χ3v) is 6.72. The molecule has 3 N–H and O–H groups in total. The molecule has 1 saturated carbocycles. The van der Waals surface area contributed by atoms with E-state index in [4.69, 9.17) is 10.5 Å². The Labute approximate surface area is 209 Å². The molecule has 0 atom stereocenters. The van der Waals surface area contributed by atoms with E-state index in [1.807, 2.05) is 60.1 Å². The summed E-state index contributed by atoms with van der Waals surface area (Å²) in [6.45, 7) is 3.49. The predicted octanol–water partition coefficient (Wildman–Crippen LogP) is 5.81. The number of rotatable bonds is 6. The molecule has 1 amide bonds. The van der Waals surface area contributed by atoms with Crippen molar-refractivity contribution in [2.75, 3.05) is 11.1 Å². The first kappa shape index (κ1) is 23.2. The zero-order valence-electron chi connectivity index (χ0n) is 20.1. The quantitative estimate of drug-likeness (QED) is 0.341. The number of carbonyl (C=O) groups excluding carboxylic acids is 1. The number of aromatic nitrogens is 2. The second kappa shape index (κ2) is 9.59. The summed E-state index contributed by atoms with van der Waals surface area (Å²) in [5, 5.41) is 13.3. The number of ether oxygens (including phenoxy) is 1. The van der Waals surface area contributed by atoms with Crippen molar-refractivity contribution in [3.05, 3.63) is 72.9 Å². The van der Waals surface area contributed by atoms with Gasteiger partial charge in [-0.1, -0.05) is 30.8 Å².